The second-order valence-corrected chi connectivity index (χ2v) is 5.44. The summed E-state index contributed by atoms with van der Waals surface area (Å²) in [6.07, 6.45) is 6.60. The van der Waals surface area contributed by atoms with Crippen molar-refractivity contribution in [3.63, 3.8) is 0 Å². The Hall–Kier alpha value is -1.13. The van der Waals surface area contributed by atoms with Crippen molar-refractivity contribution in [2.75, 3.05) is 6.54 Å². The number of hydrogen-bond donors (Lipinski definition) is 2. The zero-order valence-electron chi connectivity index (χ0n) is 11.3. The summed E-state index contributed by atoms with van der Waals surface area (Å²) in [5.74, 6) is -0.0276. The molecule has 1 aromatic heterocycles. The van der Waals surface area contributed by atoms with Crippen LogP contribution in [0.15, 0.2) is 18.3 Å². The number of halogens is 1. The molecular weight excluding hydrogens is 262 g/mol. The van der Waals surface area contributed by atoms with Crippen LogP contribution in [0.3, 0.4) is 0 Å². The van der Waals surface area contributed by atoms with Gasteiger partial charge < -0.3 is 11.1 Å². The third-order valence-corrected chi connectivity index (χ3v) is 3.77. The summed E-state index contributed by atoms with van der Waals surface area (Å²) in [5, 5.41) is 3.03. The van der Waals surface area contributed by atoms with E-state index in [2.05, 4.69) is 17.2 Å². The van der Waals surface area contributed by atoms with Gasteiger partial charge in [0.05, 0.1) is 5.69 Å². The van der Waals surface area contributed by atoms with Gasteiger partial charge in [-0.2, -0.15) is 0 Å². The van der Waals surface area contributed by atoms with E-state index in [1.807, 2.05) is 0 Å². The molecule has 0 spiro atoms. The van der Waals surface area contributed by atoms with E-state index >= 15 is 0 Å². The van der Waals surface area contributed by atoms with Crippen molar-refractivity contribution in [3.05, 3.63) is 29.6 Å². The number of amides is 1. The highest BCUT2D eigenvalue weighted by Gasteiger charge is 2.28. The first-order chi connectivity index (χ1) is 8.63. The van der Waals surface area contributed by atoms with Gasteiger partial charge in [-0.1, -0.05) is 19.8 Å². The number of rotatable bonds is 4. The second-order valence-electron chi connectivity index (χ2n) is 5.44. The van der Waals surface area contributed by atoms with E-state index in [0.29, 0.717) is 12.1 Å². The number of nitrogens with two attached hydrogens (primary N) is 1. The first-order valence-electron chi connectivity index (χ1n) is 6.56. The number of hydrogen-bond acceptors (Lipinski definition) is 3. The van der Waals surface area contributed by atoms with Gasteiger partial charge in [-0.25, -0.2) is 0 Å². The van der Waals surface area contributed by atoms with Gasteiger partial charge in [0.25, 0.3) is 5.91 Å². The van der Waals surface area contributed by atoms with Gasteiger partial charge in [0, 0.05) is 24.8 Å². The summed E-state index contributed by atoms with van der Waals surface area (Å²) in [4.78, 5) is 16.1. The largest absolute Gasteiger partial charge is 0.351 e. The van der Waals surface area contributed by atoms with Crippen LogP contribution in [0.1, 0.15) is 48.7 Å². The summed E-state index contributed by atoms with van der Waals surface area (Å²) >= 11 is 0. The lowest BCUT2D eigenvalue weighted by atomic mass is 9.89. The van der Waals surface area contributed by atoms with Crippen molar-refractivity contribution in [2.24, 2.45) is 11.1 Å². The van der Waals surface area contributed by atoms with E-state index < -0.39 is 0 Å². The molecule has 1 heterocycles. The molecule has 0 radical (unpaired) electrons. The number of nitrogens with zero attached hydrogens (tertiary/aromatic N) is 1. The Balaban J connectivity index is 0.00000180. The van der Waals surface area contributed by atoms with Crippen LogP contribution in [-0.2, 0) is 6.54 Å². The average Bonchev–Trinajstić information content (AvgIpc) is 2.83. The molecule has 0 aliphatic heterocycles. The normalized spacial score (nSPS) is 16.7. The standard InChI is InChI=1S/C14H21N3O.ClH/c1-14(5-2-3-6-14)10-17-13(18)11-4-7-16-12(8-11)9-15;/h4,7-8H,2-3,5-6,9-10,15H2,1H3,(H,17,18);1H. The minimum atomic E-state index is -0.0276. The topological polar surface area (TPSA) is 68.0 Å². The summed E-state index contributed by atoms with van der Waals surface area (Å²) in [6.45, 7) is 3.36. The molecule has 0 unspecified atom stereocenters. The molecule has 0 aromatic carbocycles. The van der Waals surface area contributed by atoms with Crippen molar-refractivity contribution in [1.29, 1.82) is 0 Å². The zero-order chi connectivity index (χ0) is 13.0. The van der Waals surface area contributed by atoms with Gasteiger partial charge in [-0.15, -0.1) is 12.4 Å². The minimum absolute atomic E-state index is 0. The van der Waals surface area contributed by atoms with E-state index in [1.54, 1.807) is 18.3 Å². The lowest BCUT2D eigenvalue weighted by Gasteiger charge is -2.23. The second kappa shape index (κ2) is 6.87. The van der Waals surface area contributed by atoms with Crippen LogP contribution in [-0.4, -0.2) is 17.4 Å². The van der Waals surface area contributed by atoms with Gasteiger partial charge in [0.2, 0.25) is 0 Å². The number of aromatic nitrogens is 1. The van der Waals surface area contributed by atoms with Crippen LogP contribution in [0.4, 0.5) is 0 Å². The molecule has 0 atom stereocenters. The van der Waals surface area contributed by atoms with Crippen molar-refractivity contribution >= 4 is 18.3 Å². The summed E-state index contributed by atoms with van der Waals surface area (Å²) in [5.41, 5.74) is 7.19. The fourth-order valence-corrected chi connectivity index (χ4v) is 2.53. The molecule has 1 aliphatic rings. The Morgan fingerprint density at radius 1 is 1.47 bits per heavy atom. The predicted molar refractivity (Wildman–Crippen MR) is 78.3 cm³/mol. The molecular formula is C14H22ClN3O. The Labute approximate surface area is 120 Å². The van der Waals surface area contributed by atoms with Crippen LogP contribution in [0.5, 0.6) is 0 Å². The molecule has 106 valence electrons. The van der Waals surface area contributed by atoms with Gasteiger partial charge in [0.1, 0.15) is 0 Å². The molecule has 0 bridgehead atoms. The van der Waals surface area contributed by atoms with Crippen LogP contribution in [0.2, 0.25) is 0 Å². The van der Waals surface area contributed by atoms with Gasteiger partial charge in [0.15, 0.2) is 0 Å². The molecule has 5 heteroatoms. The molecule has 1 aromatic rings. The molecule has 19 heavy (non-hydrogen) atoms. The maximum absolute atomic E-state index is 12.0. The van der Waals surface area contributed by atoms with E-state index in [4.69, 9.17) is 5.73 Å². The van der Waals surface area contributed by atoms with Crippen LogP contribution in [0.25, 0.3) is 0 Å². The third kappa shape index (κ3) is 4.18. The molecule has 1 amide bonds. The number of carbonyl (C=O) groups excluding carboxylic acids is 1. The summed E-state index contributed by atoms with van der Waals surface area (Å²) < 4.78 is 0. The van der Waals surface area contributed by atoms with Crippen molar-refractivity contribution in [2.45, 2.75) is 39.2 Å². The quantitative estimate of drug-likeness (QED) is 0.891. The Bertz CT molecular complexity index is 430. The lowest BCUT2D eigenvalue weighted by molar-refractivity contribution is 0.0934. The van der Waals surface area contributed by atoms with Crippen molar-refractivity contribution in [3.8, 4) is 0 Å². The highest BCUT2D eigenvalue weighted by Crippen LogP contribution is 2.36. The molecule has 1 aliphatic carbocycles. The fraction of sp³-hybridized carbons (Fsp3) is 0.571. The van der Waals surface area contributed by atoms with E-state index in [9.17, 15) is 4.79 Å². The monoisotopic (exact) mass is 283 g/mol. The first-order valence-corrected chi connectivity index (χ1v) is 6.56. The smallest absolute Gasteiger partial charge is 0.251 e. The first kappa shape index (κ1) is 15.9. The fourth-order valence-electron chi connectivity index (χ4n) is 2.53. The molecule has 1 saturated carbocycles. The average molecular weight is 284 g/mol. The highest BCUT2D eigenvalue weighted by molar-refractivity contribution is 5.94. The highest BCUT2D eigenvalue weighted by atomic mass is 35.5. The Kier molecular flexibility index (Phi) is 5.76. The van der Waals surface area contributed by atoms with Crippen molar-refractivity contribution in [1.82, 2.24) is 10.3 Å². The molecule has 0 saturated heterocycles. The lowest BCUT2D eigenvalue weighted by Crippen LogP contribution is -2.34. The van der Waals surface area contributed by atoms with Gasteiger partial charge in [-0.05, 0) is 30.4 Å². The Morgan fingerprint density at radius 3 is 2.79 bits per heavy atom. The number of nitrogens with one attached hydrogen (secondary N) is 1. The number of pyridine rings is 1. The zero-order valence-corrected chi connectivity index (χ0v) is 12.1. The van der Waals surface area contributed by atoms with Gasteiger partial charge in [-0.3, -0.25) is 9.78 Å². The molecule has 1 fully saturated rings. The summed E-state index contributed by atoms with van der Waals surface area (Å²) in [6, 6.07) is 3.48. The maximum atomic E-state index is 12.0. The molecule has 4 nitrogen and oxygen atoms in total. The van der Waals surface area contributed by atoms with Crippen LogP contribution in [0, 0.1) is 5.41 Å². The van der Waals surface area contributed by atoms with E-state index in [0.717, 1.165) is 12.2 Å². The van der Waals surface area contributed by atoms with Crippen LogP contribution >= 0.6 is 12.4 Å². The van der Waals surface area contributed by atoms with Crippen molar-refractivity contribution < 1.29 is 4.79 Å². The van der Waals surface area contributed by atoms with E-state index in [1.165, 1.54) is 25.7 Å². The summed E-state index contributed by atoms with van der Waals surface area (Å²) in [7, 11) is 0. The van der Waals surface area contributed by atoms with E-state index in [-0.39, 0.29) is 23.7 Å². The predicted octanol–water partition coefficient (Wildman–Crippen LogP) is 2.27. The molecule has 2 rings (SSSR count). The Morgan fingerprint density at radius 2 is 2.16 bits per heavy atom. The van der Waals surface area contributed by atoms with Gasteiger partial charge >= 0.3 is 0 Å². The SMILES string of the molecule is CC1(CNC(=O)c2ccnc(CN)c2)CCCC1.Cl. The third-order valence-electron chi connectivity index (χ3n) is 3.77. The van der Waals surface area contributed by atoms with Crippen LogP contribution < -0.4 is 11.1 Å². The number of carbonyl (C=O) groups is 1. The molecule has 3 N–H and O–H groups in total. The maximum Gasteiger partial charge on any atom is 0.251 e. The minimum Gasteiger partial charge on any atom is -0.351 e.